The van der Waals surface area contributed by atoms with E-state index in [1.54, 1.807) is 0 Å². The van der Waals surface area contributed by atoms with Gasteiger partial charge in [0.25, 0.3) is 0 Å². The van der Waals surface area contributed by atoms with Crippen LogP contribution < -0.4 is 0 Å². The van der Waals surface area contributed by atoms with E-state index in [0.717, 1.165) is 27.7 Å². The molecule has 0 saturated carbocycles. The van der Waals surface area contributed by atoms with Gasteiger partial charge in [-0.15, -0.1) is 11.3 Å². The van der Waals surface area contributed by atoms with Crippen molar-refractivity contribution >= 4 is 80.9 Å². The minimum absolute atomic E-state index is 1.00. The molecule has 0 N–H and O–H groups in total. The third kappa shape index (κ3) is 3.31. The van der Waals surface area contributed by atoms with Crippen molar-refractivity contribution in [2.75, 3.05) is 0 Å². The number of aromatic nitrogens is 3. The Labute approximate surface area is 256 Å². The lowest BCUT2D eigenvalue weighted by molar-refractivity contribution is 1.31. The van der Waals surface area contributed by atoms with E-state index >= 15 is 0 Å². The van der Waals surface area contributed by atoms with Crippen LogP contribution in [0.5, 0.6) is 0 Å². The second kappa shape index (κ2) is 8.96. The fourth-order valence-corrected chi connectivity index (χ4v) is 8.17. The molecule has 0 radical (unpaired) electrons. The molecule has 3 nitrogen and oxygen atoms in total. The van der Waals surface area contributed by atoms with E-state index < -0.39 is 0 Å². The molecule has 0 amide bonds. The predicted octanol–water partition coefficient (Wildman–Crippen LogP) is 11.0. The third-order valence-electron chi connectivity index (χ3n) is 8.97. The van der Waals surface area contributed by atoms with Crippen molar-refractivity contribution in [1.29, 1.82) is 0 Å². The van der Waals surface area contributed by atoms with Gasteiger partial charge in [-0.25, -0.2) is 9.97 Å². The molecule has 0 atom stereocenters. The Bertz CT molecular complexity index is 2770. The lowest BCUT2D eigenvalue weighted by Gasteiger charge is -2.12. The average molecular weight is 578 g/mol. The van der Waals surface area contributed by atoms with Crippen molar-refractivity contribution < 1.29 is 0 Å². The van der Waals surface area contributed by atoms with E-state index in [1.165, 1.54) is 64.1 Å². The van der Waals surface area contributed by atoms with Crippen LogP contribution in [0.4, 0.5) is 0 Å². The SMILES string of the molecule is c1ccc2c(-c3ccc(-c4ccc5c(c4)c4ccccc4c4nc6ccccc6n54)cc3)c3sc4ccccc4c3nc2c1. The largest absolute Gasteiger partial charge is 0.292 e. The Kier molecular flexibility index (Phi) is 4.87. The molecule has 4 heteroatoms. The molecule has 10 rings (SSSR count). The molecule has 0 aliphatic carbocycles. The molecule has 4 aromatic heterocycles. The Morgan fingerprint density at radius 3 is 1.98 bits per heavy atom. The highest BCUT2D eigenvalue weighted by Crippen LogP contribution is 2.43. The number of imidazole rings is 1. The highest BCUT2D eigenvalue weighted by atomic mass is 32.1. The molecular formula is C40H23N3S. The minimum Gasteiger partial charge on any atom is -0.292 e. The van der Waals surface area contributed by atoms with Gasteiger partial charge in [-0.05, 0) is 58.5 Å². The predicted molar refractivity (Wildman–Crippen MR) is 187 cm³/mol. The summed E-state index contributed by atoms with van der Waals surface area (Å²) in [6.07, 6.45) is 0. The fourth-order valence-electron chi connectivity index (χ4n) is 6.94. The van der Waals surface area contributed by atoms with E-state index in [-0.39, 0.29) is 0 Å². The van der Waals surface area contributed by atoms with E-state index in [2.05, 4.69) is 144 Å². The molecular weight excluding hydrogens is 555 g/mol. The van der Waals surface area contributed by atoms with Gasteiger partial charge in [-0.3, -0.25) is 4.40 Å². The zero-order valence-electron chi connectivity index (χ0n) is 23.5. The number of thiophene rings is 1. The van der Waals surface area contributed by atoms with Gasteiger partial charge < -0.3 is 0 Å². The third-order valence-corrected chi connectivity index (χ3v) is 10.1. The molecule has 0 aliphatic heterocycles. The maximum absolute atomic E-state index is 5.11. The normalized spacial score (nSPS) is 12.1. The van der Waals surface area contributed by atoms with Crippen LogP contribution in [0.1, 0.15) is 0 Å². The molecule has 0 aliphatic rings. The Morgan fingerprint density at radius 2 is 1.11 bits per heavy atom. The summed E-state index contributed by atoms with van der Waals surface area (Å²) in [7, 11) is 0. The van der Waals surface area contributed by atoms with Crippen LogP contribution >= 0.6 is 11.3 Å². The van der Waals surface area contributed by atoms with Crippen LogP contribution in [-0.2, 0) is 0 Å². The molecule has 10 aromatic rings. The van der Waals surface area contributed by atoms with Gasteiger partial charge in [0.2, 0.25) is 0 Å². The van der Waals surface area contributed by atoms with Gasteiger partial charge in [0.15, 0.2) is 0 Å². The van der Waals surface area contributed by atoms with Crippen molar-refractivity contribution in [2.24, 2.45) is 0 Å². The summed E-state index contributed by atoms with van der Waals surface area (Å²) in [6, 6.07) is 50.0. The topological polar surface area (TPSA) is 30.2 Å². The summed E-state index contributed by atoms with van der Waals surface area (Å²) in [4.78, 5) is 10.1. The first kappa shape index (κ1) is 23.9. The van der Waals surface area contributed by atoms with Gasteiger partial charge >= 0.3 is 0 Å². The first-order chi connectivity index (χ1) is 21.8. The van der Waals surface area contributed by atoms with E-state index in [1.807, 2.05) is 11.3 Å². The van der Waals surface area contributed by atoms with Crippen molar-refractivity contribution in [1.82, 2.24) is 14.4 Å². The Balaban J connectivity index is 1.18. The molecule has 44 heavy (non-hydrogen) atoms. The Hall–Kier alpha value is -5.58. The maximum Gasteiger partial charge on any atom is 0.146 e. The highest BCUT2D eigenvalue weighted by Gasteiger charge is 2.17. The Morgan fingerprint density at radius 1 is 0.455 bits per heavy atom. The lowest BCUT2D eigenvalue weighted by atomic mass is 9.96. The molecule has 0 unspecified atom stereocenters. The number of nitrogens with zero attached hydrogens (tertiary/aromatic N) is 3. The van der Waals surface area contributed by atoms with Crippen LogP contribution in [0.3, 0.4) is 0 Å². The average Bonchev–Trinajstić information content (AvgIpc) is 3.66. The zero-order valence-corrected chi connectivity index (χ0v) is 24.3. The summed E-state index contributed by atoms with van der Waals surface area (Å²) in [6.45, 7) is 0. The first-order valence-corrected chi connectivity index (χ1v) is 15.7. The van der Waals surface area contributed by atoms with Crippen molar-refractivity contribution in [3.05, 3.63) is 140 Å². The quantitative estimate of drug-likeness (QED) is 0.191. The smallest absolute Gasteiger partial charge is 0.146 e. The zero-order chi connectivity index (χ0) is 28.8. The number of benzene rings is 6. The molecule has 0 spiro atoms. The minimum atomic E-state index is 1.00. The number of fused-ring (bicyclic) bond motifs is 12. The van der Waals surface area contributed by atoms with Gasteiger partial charge in [0.1, 0.15) is 5.65 Å². The van der Waals surface area contributed by atoms with Crippen LogP contribution in [0.2, 0.25) is 0 Å². The van der Waals surface area contributed by atoms with Gasteiger partial charge in [-0.1, -0.05) is 103 Å². The standard InChI is InChI=1S/C40H23N3S/c1-2-10-28-27(9-1)31-23-26(21-22-34(31)43-35-15-7-6-14-33(35)42-40(28)43)24-17-19-25(20-18-24)37-29-11-3-5-13-32(29)41-38-30-12-4-8-16-36(30)44-39(37)38/h1-23H. The number of para-hydroxylation sites is 3. The molecule has 0 bridgehead atoms. The van der Waals surface area contributed by atoms with Gasteiger partial charge in [-0.2, -0.15) is 0 Å². The molecule has 204 valence electrons. The van der Waals surface area contributed by atoms with Crippen LogP contribution in [0, 0.1) is 0 Å². The lowest BCUT2D eigenvalue weighted by Crippen LogP contribution is -1.92. The van der Waals surface area contributed by atoms with E-state index in [0.29, 0.717) is 0 Å². The van der Waals surface area contributed by atoms with Crippen LogP contribution in [-0.4, -0.2) is 14.4 Å². The highest BCUT2D eigenvalue weighted by molar-refractivity contribution is 7.26. The molecule has 0 saturated heterocycles. The van der Waals surface area contributed by atoms with Crippen LogP contribution in [0.25, 0.3) is 91.8 Å². The maximum atomic E-state index is 5.11. The summed E-state index contributed by atoms with van der Waals surface area (Å²) in [5.74, 6) is 0. The number of hydrogen-bond donors (Lipinski definition) is 0. The number of rotatable bonds is 2. The van der Waals surface area contributed by atoms with Gasteiger partial charge in [0.05, 0.1) is 32.3 Å². The molecule has 6 aromatic carbocycles. The summed E-state index contributed by atoms with van der Waals surface area (Å²) < 4.78 is 4.82. The fraction of sp³-hybridized carbons (Fsp3) is 0. The molecule has 4 heterocycles. The summed E-state index contributed by atoms with van der Waals surface area (Å²) in [5.41, 5.74) is 11.3. The van der Waals surface area contributed by atoms with E-state index in [9.17, 15) is 0 Å². The van der Waals surface area contributed by atoms with Crippen molar-refractivity contribution in [3.8, 4) is 22.3 Å². The van der Waals surface area contributed by atoms with Crippen molar-refractivity contribution in [3.63, 3.8) is 0 Å². The summed E-state index contributed by atoms with van der Waals surface area (Å²) >= 11 is 1.83. The summed E-state index contributed by atoms with van der Waals surface area (Å²) in [5, 5.41) is 6.03. The van der Waals surface area contributed by atoms with Crippen LogP contribution in [0.15, 0.2) is 140 Å². The van der Waals surface area contributed by atoms with Crippen molar-refractivity contribution in [2.45, 2.75) is 0 Å². The monoisotopic (exact) mass is 577 g/mol. The van der Waals surface area contributed by atoms with E-state index in [4.69, 9.17) is 9.97 Å². The first-order valence-electron chi connectivity index (χ1n) is 14.8. The molecule has 0 fully saturated rings. The second-order valence-corrected chi connectivity index (χ2v) is 12.4. The number of pyridine rings is 2. The second-order valence-electron chi connectivity index (χ2n) is 11.4. The number of hydrogen-bond acceptors (Lipinski definition) is 3. The van der Waals surface area contributed by atoms with Gasteiger partial charge in [0, 0.05) is 31.8 Å².